The van der Waals surface area contributed by atoms with Crippen LogP contribution in [0.1, 0.15) is 26.2 Å². The monoisotopic (exact) mass is 237 g/mol. The summed E-state index contributed by atoms with van der Waals surface area (Å²) in [6, 6.07) is 0. The topological polar surface area (TPSA) is 20.3 Å². The summed E-state index contributed by atoms with van der Waals surface area (Å²) in [5.41, 5.74) is 0. The number of rotatable bonds is 1. The molecule has 12 heavy (non-hydrogen) atoms. The van der Waals surface area contributed by atoms with E-state index in [9.17, 15) is 9.18 Å². The number of nitrogens with zero attached hydrogens (tertiary/aromatic N) is 1. The molecule has 0 bridgehead atoms. The van der Waals surface area contributed by atoms with Gasteiger partial charge in [0, 0.05) is 13.1 Å². The van der Waals surface area contributed by atoms with E-state index in [-0.39, 0.29) is 0 Å². The van der Waals surface area contributed by atoms with E-state index >= 15 is 0 Å². The van der Waals surface area contributed by atoms with Gasteiger partial charge in [-0.05, 0) is 42.1 Å². The molecular weight excluding hydrogens is 225 g/mol. The van der Waals surface area contributed by atoms with Crippen LogP contribution in [0.5, 0.6) is 0 Å². The number of alkyl halides is 2. The molecule has 1 rings (SSSR count). The van der Waals surface area contributed by atoms with E-state index in [1.807, 2.05) is 0 Å². The maximum absolute atomic E-state index is 13.1. The predicted octanol–water partition coefficient (Wildman–Crippen LogP) is 2.08. The summed E-state index contributed by atoms with van der Waals surface area (Å²) in [5, 5.41) is 0. The minimum Gasteiger partial charge on any atom is -0.339 e. The first-order valence-electron chi connectivity index (χ1n) is 4.19. The van der Waals surface area contributed by atoms with Crippen LogP contribution in [0.3, 0.4) is 0 Å². The zero-order valence-electron chi connectivity index (χ0n) is 7.15. The largest absolute Gasteiger partial charge is 0.339 e. The maximum atomic E-state index is 13.1. The average Bonchev–Trinajstić information content (AvgIpc) is 2.03. The van der Waals surface area contributed by atoms with Crippen LogP contribution in [0.25, 0.3) is 0 Å². The molecule has 0 spiro atoms. The molecule has 1 unspecified atom stereocenters. The van der Waals surface area contributed by atoms with Gasteiger partial charge in [-0.2, -0.15) is 0 Å². The Morgan fingerprint density at radius 3 is 2.33 bits per heavy atom. The van der Waals surface area contributed by atoms with E-state index in [1.54, 1.807) is 4.90 Å². The molecule has 1 atom stereocenters. The Morgan fingerprint density at radius 2 is 1.92 bits per heavy atom. The highest BCUT2D eigenvalue weighted by atomic mass is 79.9. The van der Waals surface area contributed by atoms with Gasteiger partial charge < -0.3 is 4.90 Å². The van der Waals surface area contributed by atoms with Crippen molar-refractivity contribution in [3.8, 4) is 0 Å². The molecule has 4 heteroatoms. The molecule has 1 saturated heterocycles. The van der Waals surface area contributed by atoms with Gasteiger partial charge in [0.25, 0.3) is 5.91 Å². The molecule has 2 nitrogen and oxygen atoms in total. The van der Waals surface area contributed by atoms with E-state index in [0.29, 0.717) is 13.1 Å². The van der Waals surface area contributed by atoms with Crippen LogP contribution in [0, 0.1) is 0 Å². The van der Waals surface area contributed by atoms with Crippen molar-refractivity contribution in [1.29, 1.82) is 0 Å². The summed E-state index contributed by atoms with van der Waals surface area (Å²) >= 11 is 2.72. The first-order valence-corrected chi connectivity index (χ1v) is 4.98. The third-order valence-electron chi connectivity index (χ3n) is 2.02. The second-order valence-corrected chi connectivity index (χ2v) is 4.73. The van der Waals surface area contributed by atoms with E-state index in [2.05, 4.69) is 15.9 Å². The average molecular weight is 238 g/mol. The lowest BCUT2D eigenvalue weighted by atomic mass is 10.1. The Labute approximate surface area is 80.2 Å². The molecule has 0 aliphatic carbocycles. The van der Waals surface area contributed by atoms with E-state index in [1.165, 1.54) is 6.92 Å². The van der Waals surface area contributed by atoms with Gasteiger partial charge in [-0.3, -0.25) is 4.79 Å². The second-order valence-electron chi connectivity index (χ2n) is 3.24. The lowest BCUT2D eigenvalue weighted by Gasteiger charge is -2.29. The molecule has 0 radical (unpaired) electrons. The van der Waals surface area contributed by atoms with Crippen LogP contribution >= 0.6 is 15.9 Å². The maximum Gasteiger partial charge on any atom is 0.271 e. The van der Waals surface area contributed by atoms with Crippen LogP contribution in [-0.2, 0) is 4.79 Å². The van der Waals surface area contributed by atoms with Crippen molar-refractivity contribution in [3.05, 3.63) is 0 Å². The summed E-state index contributed by atoms with van der Waals surface area (Å²) in [6.07, 6.45) is 3.14. The number of likely N-dealkylation sites (tertiary alicyclic amines) is 1. The van der Waals surface area contributed by atoms with E-state index in [0.717, 1.165) is 19.3 Å². The summed E-state index contributed by atoms with van der Waals surface area (Å²) < 4.78 is 11.2. The number of piperidine rings is 1. The van der Waals surface area contributed by atoms with Gasteiger partial charge in [-0.25, -0.2) is 4.39 Å². The molecule has 1 heterocycles. The normalized spacial score (nSPS) is 23.4. The fraction of sp³-hybridized carbons (Fsp3) is 0.875. The predicted molar refractivity (Wildman–Crippen MR) is 48.9 cm³/mol. The zero-order chi connectivity index (χ0) is 9.19. The lowest BCUT2D eigenvalue weighted by molar-refractivity contribution is -0.138. The van der Waals surface area contributed by atoms with Crippen molar-refractivity contribution >= 4 is 21.8 Å². The third-order valence-corrected chi connectivity index (χ3v) is 2.36. The van der Waals surface area contributed by atoms with Gasteiger partial charge in [0.1, 0.15) is 0 Å². The smallest absolute Gasteiger partial charge is 0.271 e. The molecule has 1 amide bonds. The van der Waals surface area contributed by atoms with Crippen LogP contribution in [0.2, 0.25) is 0 Å². The van der Waals surface area contributed by atoms with Crippen molar-refractivity contribution in [1.82, 2.24) is 4.90 Å². The minimum atomic E-state index is -1.88. The quantitative estimate of drug-likeness (QED) is 0.640. The highest BCUT2D eigenvalue weighted by molar-refractivity contribution is 9.10. The van der Waals surface area contributed by atoms with Crippen molar-refractivity contribution in [2.75, 3.05) is 13.1 Å². The van der Waals surface area contributed by atoms with Crippen molar-refractivity contribution < 1.29 is 9.18 Å². The van der Waals surface area contributed by atoms with Gasteiger partial charge in [0.2, 0.25) is 4.58 Å². The molecule has 0 aromatic rings. The summed E-state index contributed by atoms with van der Waals surface area (Å²) in [7, 11) is 0. The Bertz CT molecular complexity index is 172. The third kappa shape index (κ3) is 2.44. The van der Waals surface area contributed by atoms with Crippen molar-refractivity contribution in [3.63, 3.8) is 0 Å². The number of hydrogen-bond donors (Lipinski definition) is 0. The highest BCUT2D eigenvalue weighted by Gasteiger charge is 2.33. The number of carbonyl (C=O) groups is 1. The number of carbonyl (C=O) groups excluding carboxylic acids is 1. The Hall–Kier alpha value is -0.120. The Kier molecular flexibility index (Phi) is 3.09. The second kappa shape index (κ2) is 3.73. The lowest BCUT2D eigenvalue weighted by Crippen LogP contribution is -2.43. The molecule has 1 aliphatic heterocycles. The van der Waals surface area contributed by atoms with Crippen molar-refractivity contribution in [2.24, 2.45) is 0 Å². The Balaban J connectivity index is 2.51. The summed E-state index contributed by atoms with van der Waals surface area (Å²) in [5.74, 6) is -0.442. The summed E-state index contributed by atoms with van der Waals surface area (Å²) in [6.45, 7) is 2.64. The fourth-order valence-corrected chi connectivity index (χ4v) is 1.63. The van der Waals surface area contributed by atoms with Crippen LogP contribution in [0.15, 0.2) is 0 Å². The van der Waals surface area contributed by atoms with Gasteiger partial charge in [0.05, 0.1) is 0 Å². The SMILES string of the molecule is CC(F)(Br)C(=O)N1CCCCC1. The van der Waals surface area contributed by atoms with Crippen LogP contribution < -0.4 is 0 Å². The summed E-state index contributed by atoms with van der Waals surface area (Å²) in [4.78, 5) is 12.9. The molecule has 0 aromatic heterocycles. The molecule has 70 valence electrons. The first-order chi connectivity index (χ1) is 5.52. The van der Waals surface area contributed by atoms with Crippen molar-refractivity contribution in [2.45, 2.75) is 30.8 Å². The molecule has 0 N–H and O–H groups in total. The standard InChI is InChI=1S/C8H13BrFNO/c1-8(9,10)7(12)11-5-3-2-4-6-11/h2-6H2,1H3. The van der Waals surface area contributed by atoms with Gasteiger partial charge in [0.15, 0.2) is 0 Å². The van der Waals surface area contributed by atoms with Crippen LogP contribution in [0.4, 0.5) is 4.39 Å². The molecule has 1 fully saturated rings. The van der Waals surface area contributed by atoms with Gasteiger partial charge in [-0.1, -0.05) is 0 Å². The molecule has 0 saturated carbocycles. The van der Waals surface area contributed by atoms with Gasteiger partial charge in [-0.15, -0.1) is 0 Å². The number of halogens is 2. The molecular formula is C8H13BrFNO. The van der Waals surface area contributed by atoms with E-state index in [4.69, 9.17) is 0 Å². The molecule has 1 aliphatic rings. The Morgan fingerprint density at radius 1 is 1.42 bits per heavy atom. The van der Waals surface area contributed by atoms with E-state index < -0.39 is 10.5 Å². The zero-order valence-corrected chi connectivity index (χ0v) is 8.73. The number of hydrogen-bond acceptors (Lipinski definition) is 1. The van der Waals surface area contributed by atoms with Gasteiger partial charge >= 0.3 is 0 Å². The molecule has 0 aromatic carbocycles. The fourth-order valence-electron chi connectivity index (χ4n) is 1.37. The minimum absolute atomic E-state index is 0.442. The number of amides is 1. The highest BCUT2D eigenvalue weighted by Crippen LogP contribution is 2.23. The first kappa shape index (κ1) is 9.96. The van der Waals surface area contributed by atoms with Crippen LogP contribution in [-0.4, -0.2) is 28.5 Å².